The van der Waals surface area contributed by atoms with E-state index in [0.717, 1.165) is 24.9 Å². The quantitative estimate of drug-likeness (QED) is 0.485. The molecule has 172 valence electrons. The van der Waals surface area contributed by atoms with Gasteiger partial charge in [-0.05, 0) is 86.9 Å². The maximum Gasteiger partial charge on any atom is 0.335 e. The molecule has 6 heteroatoms. The Balaban J connectivity index is 1.68. The summed E-state index contributed by atoms with van der Waals surface area (Å²) in [5.41, 5.74) is 7.02. The second-order valence-electron chi connectivity index (χ2n) is 10.3. The highest BCUT2D eigenvalue weighted by atomic mass is 16.4. The van der Waals surface area contributed by atoms with Crippen LogP contribution in [-0.2, 0) is 23.8 Å². The summed E-state index contributed by atoms with van der Waals surface area (Å²) in [5.74, 6) is -0.907. The largest absolute Gasteiger partial charge is 0.478 e. The molecule has 0 fully saturated rings. The molecule has 0 spiro atoms. The summed E-state index contributed by atoms with van der Waals surface area (Å²) >= 11 is 0. The molecular formula is C27H32N4O2. The van der Waals surface area contributed by atoms with Crippen molar-refractivity contribution in [3.05, 3.63) is 76.1 Å². The van der Waals surface area contributed by atoms with Crippen LogP contribution < -0.4 is 0 Å². The molecule has 1 heterocycles. The number of carbonyl (C=O) groups is 1. The number of hydrogen-bond donors (Lipinski definition) is 1. The van der Waals surface area contributed by atoms with Crippen LogP contribution in [0.15, 0.2) is 42.7 Å². The van der Waals surface area contributed by atoms with Crippen molar-refractivity contribution in [3.8, 4) is 0 Å². The van der Waals surface area contributed by atoms with Crippen molar-refractivity contribution in [3.63, 3.8) is 0 Å². The van der Waals surface area contributed by atoms with Crippen molar-refractivity contribution in [2.24, 2.45) is 0 Å². The average molecular weight is 445 g/mol. The van der Waals surface area contributed by atoms with Gasteiger partial charge in [-0.25, -0.2) is 9.48 Å². The zero-order valence-electron chi connectivity index (χ0n) is 19.9. The Labute approximate surface area is 195 Å². The summed E-state index contributed by atoms with van der Waals surface area (Å²) in [6.07, 6.45) is 10.1. The average Bonchev–Trinajstić information content (AvgIpc) is 3.29. The number of benzene rings is 2. The van der Waals surface area contributed by atoms with E-state index in [0.29, 0.717) is 5.56 Å². The normalized spacial score (nSPS) is 16.6. The highest BCUT2D eigenvalue weighted by molar-refractivity contribution is 5.88. The number of tetrazole rings is 1. The second kappa shape index (κ2) is 8.93. The maximum atomic E-state index is 11.1. The maximum absolute atomic E-state index is 11.1. The van der Waals surface area contributed by atoms with Crippen LogP contribution in [0.3, 0.4) is 0 Å². The molecule has 0 radical (unpaired) electrons. The third-order valence-electron chi connectivity index (χ3n) is 6.95. The minimum Gasteiger partial charge on any atom is -0.478 e. The van der Waals surface area contributed by atoms with Gasteiger partial charge in [0, 0.05) is 6.54 Å². The number of aromatic nitrogens is 4. The second-order valence-corrected chi connectivity index (χ2v) is 10.3. The first-order valence-electron chi connectivity index (χ1n) is 11.6. The fourth-order valence-electron chi connectivity index (χ4n) is 4.68. The molecule has 0 unspecified atom stereocenters. The van der Waals surface area contributed by atoms with E-state index in [-0.39, 0.29) is 10.8 Å². The first-order chi connectivity index (χ1) is 15.7. The van der Waals surface area contributed by atoms with E-state index in [9.17, 15) is 4.79 Å². The van der Waals surface area contributed by atoms with Gasteiger partial charge in [0.2, 0.25) is 0 Å². The van der Waals surface area contributed by atoms with E-state index < -0.39 is 5.97 Å². The van der Waals surface area contributed by atoms with Crippen LogP contribution in [0.4, 0.5) is 0 Å². The molecule has 6 nitrogen and oxygen atoms in total. The van der Waals surface area contributed by atoms with Gasteiger partial charge in [-0.15, -0.1) is 5.10 Å². The van der Waals surface area contributed by atoms with Gasteiger partial charge in [0.05, 0.1) is 5.56 Å². The Bertz CT molecular complexity index is 1160. The predicted octanol–water partition coefficient (Wildman–Crippen LogP) is 5.52. The van der Waals surface area contributed by atoms with Gasteiger partial charge < -0.3 is 5.11 Å². The van der Waals surface area contributed by atoms with Crippen LogP contribution in [-0.4, -0.2) is 31.3 Å². The Morgan fingerprint density at radius 1 is 1.03 bits per heavy atom. The van der Waals surface area contributed by atoms with Crippen LogP contribution in [0.1, 0.15) is 85.1 Å². The molecule has 0 saturated heterocycles. The first-order valence-corrected chi connectivity index (χ1v) is 11.6. The minimum atomic E-state index is -0.907. The van der Waals surface area contributed by atoms with Gasteiger partial charge in [-0.3, -0.25) is 0 Å². The molecule has 1 N–H and O–H groups in total. The Morgan fingerprint density at radius 3 is 2.30 bits per heavy atom. The predicted molar refractivity (Wildman–Crippen MR) is 130 cm³/mol. The van der Waals surface area contributed by atoms with E-state index in [1.165, 1.54) is 35.1 Å². The van der Waals surface area contributed by atoms with Crippen LogP contribution in [0.2, 0.25) is 0 Å². The van der Waals surface area contributed by atoms with Crippen LogP contribution >= 0.6 is 0 Å². The van der Waals surface area contributed by atoms with E-state index in [1.54, 1.807) is 23.1 Å². The number of nitrogens with zero attached hydrogens (tertiary/aromatic N) is 4. The lowest BCUT2D eigenvalue weighted by Gasteiger charge is -2.42. The van der Waals surface area contributed by atoms with E-state index >= 15 is 0 Å². The fourth-order valence-corrected chi connectivity index (χ4v) is 4.68. The van der Waals surface area contributed by atoms with E-state index in [4.69, 9.17) is 5.11 Å². The molecule has 1 aliphatic rings. The van der Waals surface area contributed by atoms with Crippen LogP contribution in [0, 0.1) is 0 Å². The lowest BCUT2D eigenvalue weighted by Crippen LogP contribution is -2.34. The summed E-state index contributed by atoms with van der Waals surface area (Å²) in [4.78, 5) is 11.1. The Kier molecular flexibility index (Phi) is 6.19. The number of rotatable bonds is 7. The third-order valence-corrected chi connectivity index (χ3v) is 6.95. The van der Waals surface area contributed by atoms with E-state index in [1.807, 2.05) is 12.1 Å². The molecular weight excluding hydrogens is 412 g/mol. The molecule has 0 bridgehead atoms. The van der Waals surface area contributed by atoms with Gasteiger partial charge in [0.1, 0.15) is 6.33 Å². The molecule has 0 saturated carbocycles. The molecule has 2 aromatic carbocycles. The lowest BCUT2D eigenvalue weighted by atomic mass is 9.62. The molecule has 1 aliphatic carbocycles. The van der Waals surface area contributed by atoms with Gasteiger partial charge in [-0.1, -0.05) is 64.1 Å². The molecule has 0 amide bonds. The van der Waals surface area contributed by atoms with Gasteiger partial charge in [-0.2, -0.15) is 0 Å². The van der Waals surface area contributed by atoms with E-state index in [2.05, 4.69) is 67.5 Å². The molecule has 33 heavy (non-hydrogen) atoms. The molecule has 0 atom stereocenters. The SMILES string of the molecule is CC1(C)CCC(C)(C)c2cc(CCCn3cnnn3)c(C=Cc3ccc(C(=O)O)cc3)cc21. The van der Waals surface area contributed by atoms with Gasteiger partial charge in [0.15, 0.2) is 0 Å². The fraction of sp³-hybridized carbons (Fsp3) is 0.407. The topological polar surface area (TPSA) is 80.9 Å². The van der Waals surface area contributed by atoms with Crippen molar-refractivity contribution in [2.45, 2.75) is 70.8 Å². The first kappa shape index (κ1) is 22.9. The lowest BCUT2D eigenvalue weighted by molar-refractivity contribution is 0.0697. The van der Waals surface area contributed by atoms with Crippen molar-refractivity contribution in [2.75, 3.05) is 0 Å². The van der Waals surface area contributed by atoms with Crippen LogP contribution in [0.5, 0.6) is 0 Å². The van der Waals surface area contributed by atoms with Crippen molar-refractivity contribution >= 4 is 18.1 Å². The summed E-state index contributed by atoms with van der Waals surface area (Å²) < 4.78 is 1.77. The van der Waals surface area contributed by atoms with Gasteiger partial charge in [0.25, 0.3) is 0 Å². The third kappa shape index (κ3) is 5.05. The number of carboxylic acid groups (broad SMARTS) is 1. The van der Waals surface area contributed by atoms with Crippen molar-refractivity contribution in [1.82, 2.24) is 20.2 Å². The molecule has 4 rings (SSSR count). The standard InChI is InChI=1S/C27H32N4O2/c1-26(2)13-14-27(3,4)24-17-22(12-9-19-7-10-20(11-8-19)25(32)33)21(16-23(24)26)6-5-15-31-18-28-29-30-31/h7-12,16-18H,5-6,13-15H2,1-4H3,(H,32,33). The minimum absolute atomic E-state index is 0.140. The van der Waals surface area contributed by atoms with Crippen molar-refractivity contribution in [1.29, 1.82) is 0 Å². The number of hydrogen-bond acceptors (Lipinski definition) is 4. The summed E-state index contributed by atoms with van der Waals surface area (Å²) in [7, 11) is 0. The monoisotopic (exact) mass is 444 g/mol. The highest BCUT2D eigenvalue weighted by Crippen LogP contribution is 2.46. The van der Waals surface area contributed by atoms with Gasteiger partial charge >= 0.3 is 5.97 Å². The highest BCUT2D eigenvalue weighted by Gasteiger charge is 2.37. The number of fused-ring (bicyclic) bond motifs is 1. The summed E-state index contributed by atoms with van der Waals surface area (Å²) in [5, 5.41) is 20.6. The number of carboxylic acids is 1. The Morgan fingerprint density at radius 2 is 1.70 bits per heavy atom. The number of aromatic carboxylic acids is 1. The van der Waals surface area contributed by atoms with Crippen molar-refractivity contribution < 1.29 is 9.90 Å². The summed E-state index contributed by atoms with van der Waals surface area (Å²) in [6, 6.07) is 11.8. The zero-order chi connectivity index (χ0) is 23.6. The zero-order valence-corrected chi connectivity index (χ0v) is 19.9. The number of aryl methyl sites for hydroxylation is 2. The molecule has 3 aromatic rings. The summed E-state index contributed by atoms with van der Waals surface area (Å²) in [6.45, 7) is 10.2. The Hall–Kier alpha value is -3.28. The molecule has 1 aromatic heterocycles. The molecule has 0 aliphatic heterocycles. The smallest absolute Gasteiger partial charge is 0.335 e. The van der Waals surface area contributed by atoms with Crippen LogP contribution in [0.25, 0.3) is 12.2 Å².